The molecule has 0 amide bonds. The zero-order valence-corrected chi connectivity index (χ0v) is 12.3. The van der Waals surface area contributed by atoms with Crippen molar-refractivity contribution in [3.05, 3.63) is 84.0 Å². The summed E-state index contributed by atoms with van der Waals surface area (Å²) in [6, 6.07) is 10.9. The molecule has 0 radical (unpaired) electrons. The first-order valence-electron chi connectivity index (χ1n) is 7.42. The minimum Gasteiger partial charge on any atom is -0.0816 e. The maximum Gasteiger partial charge on any atom is 0.0390 e. The maximum absolute atomic E-state index is 2.41. The van der Waals surface area contributed by atoms with Crippen molar-refractivity contribution in [3.8, 4) is 0 Å². The van der Waals surface area contributed by atoms with Gasteiger partial charge in [-0.15, -0.1) is 0 Å². The first-order chi connectivity index (χ1) is 9.62. The lowest BCUT2D eigenvalue weighted by Crippen LogP contribution is -2.26. The van der Waals surface area contributed by atoms with Crippen molar-refractivity contribution in [1.82, 2.24) is 0 Å². The molecule has 0 aromatic heterocycles. The summed E-state index contributed by atoms with van der Waals surface area (Å²) in [6.07, 6.45) is 18.2. The molecule has 0 heterocycles. The zero-order valence-electron chi connectivity index (χ0n) is 12.3. The normalized spacial score (nSPS) is 27.4. The first kappa shape index (κ1) is 13.2. The molecule has 0 fully saturated rings. The molecule has 1 unspecified atom stereocenters. The van der Waals surface area contributed by atoms with Gasteiger partial charge in [0.15, 0.2) is 0 Å². The van der Waals surface area contributed by atoms with Gasteiger partial charge in [-0.25, -0.2) is 0 Å². The van der Waals surface area contributed by atoms with Crippen molar-refractivity contribution >= 4 is 0 Å². The molecule has 3 rings (SSSR count). The summed E-state index contributed by atoms with van der Waals surface area (Å²) in [5.41, 5.74) is 3.07. The summed E-state index contributed by atoms with van der Waals surface area (Å²) in [5.74, 6) is 0. The summed E-state index contributed by atoms with van der Waals surface area (Å²) in [5, 5.41) is 0. The van der Waals surface area contributed by atoms with Gasteiger partial charge in [-0.05, 0) is 29.4 Å². The Balaban J connectivity index is 2.13. The van der Waals surface area contributed by atoms with Crippen molar-refractivity contribution in [2.75, 3.05) is 0 Å². The van der Waals surface area contributed by atoms with E-state index in [9.17, 15) is 0 Å². The minimum absolute atomic E-state index is 0.0237. The van der Waals surface area contributed by atoms with E-state index in [1.807, 2.05) is 0 Å². The highest BCUT2D eigenvalue weighted by Crippen LogP contribution is 2.50. The summed E-state index contributed by atoms with van der Waals surface area (Å²) < 4.78 is 0. The molecule has 0 nitrogen and oxygen atoms in total. The number of allylic oxidation sites excluding steroid dienone is 8. The van der Waals surface area contributed by atoms with Crippen LogP contribution in [0.4, 0.5) is 0 Å². The predicted molar refractivity (Wildman–Crippen MR) is 86.6 cm³/mol. The minimum atomic E-state index is 0.0237. The molecule has 0 spiro atoms. The Kier molecular flexibility index (Phi) is 3.25. The molecule has 0 bridgehead atoms. The zero-order chi connectivity index (χ0) is 14.1. The van der Waals surface area contributed by atoms with Crippen LogP contribution in [0.2, 0.25) is 0 Å². The maximum atomic E-state index is 2.41. The van der Waals surface area contributed by atoms with E-state index in [0.717, 1.165) is 12.8 Å². The van der Waals surface area contributed by atoms with Crippen molar-refractivity contribution in [2.24, 2.45) is 5.41 Å². The number of benzene rings is 1. The van der Waals surface area contributed by atoms with E-state index in [1.54, 1.807) is 0 Å². The molecule has 0 N–H and O–H groups in total. The van der Waals surface area contributed by atoms with E-state index < -0.39 is 0 Å². The van der Waals surface area contributed by atoms with Crippen molar-refractivity contribution in [3.63, 3.8) is 0 Å². The molecule has 0 heteroatoms. The topological polar surface area (TPSA) is 0 Å². The van der Waals surface area contributed by atoms with Crippen LogP contribution < -0.4 is 0 Å². The fraction of sp³-hybridized carbons (Fsp3) is 0.300. The summed E-state index contributed by atoms with van der Waals surface area (Å²) >= 11 is 0. The molecular formula is C20H22. The van der Waals surface area contributed by atoms with E-state index in [2.05, 4.69) is 86.7 Å². The predicted octanol–water partition coefficient (Wildman–Crippen LogP) is 5.35. The van der Waals surface area contributed by atoms with Crippen LogP contribution in [0.3, 0.4) is 0 Å². The second-order valence-electron chi connectivity index (χ2n) is 6.52. The fourth-order valence-electron chi connectivity index (χ4n) is 3.38. The van der Waals surface area contributed by atoms with Crippen LogP contribution in [-0.2, 0) is 5.41 Å². The molecule has 1 aromatic carbocycles. The largest absolute Gasteiger partial charge is 0.0816 e. The molecule has 1 aromatic rings. The monoisotopic (exact) mass is 262 g/mol. The SMILES string of the molecule is CC1(C)C=CC(C2=CC=CCC=C2)(c2ccccc2)C1. The van der Waals surface area contributed by atoms with Gasteiger partial charge in [0.1, 0.15) is 0 Å². The highest BCUT2D eigenvalue weighted by Gasteiger charge is 2.41. The second kappa shape index (κ2) is 4.94. The van der Waals surface area contributed by atoms with Crippen molar-refractivity contribution < 1.29 is 0 Å². The molecule has 1 atom stereocenters. The van der Waals surface area contributed by atoms with Crippen molar-refractivity contribution in [1.29, 1.82) is 0 Å². The van der Waals surface area contributed by atoms with E-state index >= 15 is 0 Å². The van der Waals surface area contributed by atoms with Crippen molar-refractivity contribution in [2.45, 2.75) is 32.1 Å². The lowest BCUT2D eigenvalue weighted by molar-refractivity contribution is 0.401. The molecular weight excluding hydrogens is 240 g/mol. The van der Waals surface area contributed by atoms with Gasteiger partial charge in [0.25, 0.3) is 0 Å². The van der Waals surface area contributed by atoms with Gasteiger partial charge >= 0.3 is 0 Å². The van der Waals surface area contributed by atoms with Crippen LogP contribution in [0.25, 0.3) is 0 Å². The third-order valence-corrected chi connectivity index (χ3v) is 4.34. The smallest absolute Gasteiger partial charge is 0.0390 e. The first-order valence-corrected chi connectivity index (χ1v) is 7.42. The lowest BCUT2D eigenvalue weighted by Gasteiger charge is -2.33. The average molecular weight is 262 g/mol. The van der Waals surface area contributed by atoms with Crippen LogP contribution in [0, 0.1) is 5.41 Å². The summed E-state index contributed by atoms with van der Waals surface area (Å²) in [4.78, 5) is 0. The van der Waals surface area contributed by atoms with E-state index in [1.165, 1.54) is 11.1 Å². The highest BCUT2D eigenvalue weighted by atomic mass is 14.4. The average Bonchev–Trinajstić information content (AvgIpc) is 2.66. The molecule has 2 aliphatic carbocycles. The Hall–Kier alpha value is -1.82. The molecule has 0 aliphatic heterocycles. The highest BCUT2D eigenvalue weighted by molar-refractivity contribution is 5.51. The Morgan fingerprint density at radius 2 is 1.75 bits per heavy atom. The van der Waals surface area contributed by atoms with E-state index in [4.69, 9.17) is 0 Å². The van der Waals surface area contributed by atoms with Crippen LogP contribution >= 0.6 is 0 Å². The number of rotatable bonds is 2. The lowest BCUT2D eigenvalue weighted by atomic mass is 9.70. The van der Waals surface area contributed by atoms with Gasteiger partial charge in [-0.1, -0.05) is 86.7 Å². The molecule has 20 heavy (non-hydrogen) atoms. The van der Waals surface area contributed by atoms with Gasteiger partial charge in [0.2, 0.25) is 0 Å². The van der Waals surface area contributed by atoms with Crippen LogP contribution in [0.1, 0.15) is 32.3 Å². The van der Waals surface area contributed by atoms with E-state index in [0.29, 0.717) is 0 Å². The molecule has 0 saturated carbocycles. The third kappa shape index (κ3) is 2.31. The second-order valence-corrected chi connectivity index (χ2v) is 6.52. The van der Waals surface area contributed by atoms with E-state index in [-0.39, 0.29) is 10.8 Å². The Bertz CT molecular complexity index is 596. The van der Waals surface area contributed by atoms with Gasteiger partial charge in [-0.3, -0.25) is 0 Å². The van der Waals surface area contributed by atoms with Crippen LogP contribution in [-0.4, -0.2) is 0 Å². The van der Waals surface area contributed by atoms with Crippen LogP contribution in [0.5, 0.6) is 0 Å². The molecule has 2 aliphatic rings. The number of hydrogen-bond donors (Lipinski definition) is 0. The molecule has 102 valence electrons. The standard InChI is InChI=1S/C20H22/c1-19(2)14-15-20(16-19,18-12-8-5-9-13-18)17-10-6-3-4-7-11-17/h3,5-15H,4,16H2,1-2H3. The van der Waals surface area contributed by atoms with Gasteiger partial charge in [-0.2, -0.15) is 0 Å². The molecule has 0 saturated heterocycles. The van der Waals surface area contributed by atoms with Gasteiger partial charge < -0.3 is 0 Å². The third-order valence-electron chi connectivity index (χ3n) is 4.34. The number of hydrogen-bond acceptors (Lipinski definition) is 0. The fourth-order valence-corrected chi connectivity index (χ4v) is 3.38. The summed E-state index contributed by atoms with van der Waals surface area (Å²) in [7, 11) is 0. The summed E-state index contributed by atoms with van der Waals surface area (Å²) in [6.45, 7) is 4.65. The quantitative estimate of drug-likeness (QED) is 0.630. The van der Waals surface area contributed by atoms with Gasteiger partial charge in [0.05, 0.1) is 0 Å². The van der Waals surface area contributed by atoms with Gasteiger partial charge in [0, 0.05) is 5.41 Å². The Labute approximate surface area is 122 Å². The Morgan fingerprint density at radius 1 is 0.950 bits per heavy atom. The Morgan fingerprint density at radius 3 is 2.45 bits per heavy atom. The van der Waals surface area contributed by atoms with Crippen LogP contribution in [0.15, 0.2) is 78.4 Å².